The molecule has 2 rings (SSSR count). The van der Waals surface area contributed by atoms with Crippen molar-refractivity contribution in [3.8, 4) is 5.75 Å². The minimum Gasteiger partial charge on any atom is -0.490 e. The molecule has 1 unspecified atom stereocenters. The van der Waals surface area contributed by atoms with Gasteiger partial charge in [-0.1, -0.05) is 0 Å². The van der Waals surface area contributed by atoms with Crippen molar-refractivity contribution in [2.45, 2.75) is 25.0 Å². The van der Waals surface area contributed by atoms with E-state index in [0.29, 0.717) is 23.4 Å². The molecule has 1 atom stereocenters. The van der Waals surface area contributed by atoms with E-state index < -0.39 is 6.10 Å². The third kappa shape index (κ3) is 5.01. The number of hydrogen-bond acceptors (Lipinski definition) is 4. The SMILES string of the molecule is OC(COc1cc(F)ccc1Br)COC1CCOCC1. The van der Waals surface area contributed by atoms with E-state index in [1.807, 2.05) is 0 Å². The standard InChI is InChI=1S/C14H18BrFO4/c15-13-2-1-10(16)7-14(13)20-9-11(17)8-19-12-3-5-18-6-4-12/h1-2,7,11-12,17H,3-6,8-9H2. The molecule has 0 aliphatic carbocycles. The molecule has 1 N–H and O–H groups in total. The Bertz CT molecular complexity index is 424. The van der Waals surface area contributed by atoms with Crippen molar-refractivity contribution in [1.29, 1.82) is 0 Å². The Hall–Kier alpha value is -0.690. The molecule has 1 aromatic carbocycles. The lowest BCUT2D eigenvalue weighted by Gasteiger charge is -2.23. The molecule has 20 heavy (non-hydrogen) atoms. The maximum atomic E-state index is 13.1. The molecular weight excluding hydrogens is 331 g/mol. The van der Waals surface area contributed by atoms with Gasteiger partial charge in [-0.3, -0.25) is 0 Å². The summed E-state index contributed by atoms with van der Waals surface area (Å²) >= 11 is 3.26. The van der Waals surface area contributed by atoms with Gasteiger partial charge >= 0.3 is 0 Å². The lowest BCUT2D eigenvalue weighted by atomic mass is 10.1. The van der Waals surface area contributed by atoms with Gasteiger partial charge in [0, 0.05) is 19.3 Å². The van der Waals surface area contributed by atoms with Crippen LogP contribution in [0.4, 0.5) is 4.39 Å². The Morgan fingerprint density at radius 1 is 1.35 bits per heavy atom. The van der Waals surface area contributed by atoms with Crippen LogP contribution in [-0.4, -0.2) is 43.7 Å². The Morgan fingerprint density at radius 3 is 2.85 bits per heavy atom. The quantitative estimate of drug-likeness (QED) is 0.858. The fourth-order valence-electron chi connectivity index (χ4n) is 1.91. The maximum absolute atomic E-state index is 13.1. The van der Waals surface area contributed by atoms with E-state index in [-0.39, 0.29) is 25.1 Å². The van der Waals surface area contributed by atoms with Crippen LogP contribution in [0.2, 0.25) is 0 Å². The minimum atomic E-state index is -0.743. The van der Waals surface area contributed by atoms with E-state index in [1.54, 1.807) is 6.07 Å². The summed E-state index contributed by atoms with van der Waals surface area (Å²) in [6, 6.07) is 4.17. The average molecular weight is 349 g/mol. The molecule has 1 aliphatic rings. The molecule has 0 spiro atoms. The second kappa shape index (κ2) is 7.93. The fourth-order valence-corrected chi connectivity index (χ4v) is 2.27. The predicted molar refractivity (Wildman–Crippen MR) is 75.4 cm³/mol. The summed E-state index contributed by atoms with van der Waals surface area (Å²) in [5.74, 6) is -0.00809. The number of ether oxygens (including phenoxy) is 3. The number of aliphatic hydroxyl groups is 1. The molecule has 6 heteroatoms. The van der Waals surface area contributed by atoms with Crippen molar-refractivity contribution in [2.24, 2.45) is 0 Å². The van der Waals surface area contributed by atoms with Gasteiger partial charge < -0.3 is 19.3 Å². The molecule has 1 heterocycles. The first-order valence-electron chi connectivity index (χ1n) is 6.60. The predicted octanol–water partition coefficient (Wildman–Crippen LogP) is 2.52. The Kier molecular flexibility index (Phi) is 6.22. The Labute approximate surface area is 126 Å². The average Bonchev–Trinajstić information content (AvgIpc) is 2.47. The van der Waals surface area contributed by atoms with Gasteiger partial charge in [0.1, 0.15) is 24.3 Å². The largest absolute Gasteiger partial charge is 0.490 e. The molecular formula is C14H18BrFO4. The van der Waals surface area contributed by atoms with E-state index in [2.05, 4.69) is 15.9 Å². The number of halogens is 2. The van der Waals surface area contributed by atoms with E-state index in [9.17, 15) is 9.50 Å². The van der Waals surface area contributed by atoms with Crippen molar-refractivity contribution in [3.63, 3.8) is 0 Å². The first-order chi connectivity index (χ1) is 9.65. The zero-order valence-electron chi connectivity index (χ0n) is 11.1. The fraction of sp³-hybridized carbons (Fsp3) is 0.571. The van der Waals surface area contributed by atoms with E-state index in [0.717, 1.165) is 12.8 Å². The van der Waals surface area contributed by atoms with Crippen LogP contribution in [0.25, 0.3) is 0 Å². The third-order valence-corrected chi connectivity index (χ3v) is 3.67. The van der Waals surface area contributed by atoms with Crippen LogP contribution in [0.5, 0.6) is 5.75 Å². The van der Waals surface area contributed by atoms with E-state index in [4.69, 9.17) is 14.2 Å². The lowest BCUT2D eigenvalue weighted by Crippen LogP contribution is -2.30. The van der Waals surface area contributed by atoms with Gasteiger partial charge in [-0.25, -0.2) is 4.39 Å². The smallest absolute Gasteiger partial charge is 0.136 e. The Morgan fingerprint density at radius 2 is 2.10 bits per heavy atom. The second-order valence-electron chi connectivity index (χ2n) is 4.68. The molecule has 0 aromatic heterocycles. The second-order valence-corrected chi connectivity index (χ2v) is 5.54. The van der Waals surface area contributed by atoms with Crippen LogP contribution in [0, 0.1) is 5.82 Å². The van der Waals surface area contributed by atoms with Crippen LogP contribution in [0.1, 0.15) is 12.8 Å². The minimum absolute atomic E-state index is 0.0608. The summed E-state index contributed by atoms with van der Waals surface area (Å²) in [5, 5.41) is 9.81. The van der Waals surface area contributed by atoms with E-state index >= 15 is 0 Å². The summed E-state index contributed by atoms with van der Waals surface area (Å²) < 4.78 is 29.9. The summed E-state index contributed by atoms with van der Waals surface area (Å²) in [7, 11) is 0. The van der Waals surface area contributed by atoms with Crippen molar-refractivity contribution in [3.05, 3.63) is 28.5 Å². The van der Waals surface area contributed by atoms with Gasteiger partial charge in [-0.2, -0.15) is 0 Å². The third-order valence-electron chi connectivity index (χ3n) is 3.02. The zero-order chi connectivity index (χ0) is 14.4. The number of hydrogen-bond donors (Lipinski definition) is 1. The molecule has 0 bridgehead atoms. The highest BCUT2D eigenvalue weighted by Gasteiger charge is 2.16. The summed E-state index contributed by atoms with van der Waals surface area (Å²) in [5.41, 5.74) is 0. The molecule has 1 fully saturated rings. The van der Waals surface area contributed by atoms with Crippen molar-refractivity contribution in [1.82, 2.24) is 0 Å². The van der Waals surface area contributed by atoms with Crippen LogP contribution in [0.3, 0.4) is 0 Å². The van der Waals surface area contributed by atoms with Crippen molar-refractivity contribution in [2.75, 3.05) is 26.4 Å². The number of rotatable bonds is 6. The first-order valence-corrected chi connectivity index (χ1v) is 7.39. The van der Waals surface area contributed by atoms with Gasteiger partial charge in [0.25, 0.3) is 0 Å². The highest BCUT2D eigenvalue weighted by atomic mass is 79.9. The summed E-state index contributed by atoms with van der Waals surface area (Å²) in [6.07, 6.45) is 1.10. The van der Waals surface area contributed by atoms with E-state index in [1.165, 1.54) is 12.1 Å². The molecule has 1 aromatic rings. The zero-order valence-corrected chi connectivity index (χ0v) is 12.6. The molecule has 1 aliphatic heterocycles. The number of benzene rings is 1. The number of aliphatic hydroxyl groups excluding tert-OH is 1. The molecule has 0 radical (unpaired) electrons. The normalized spacial score (nSPS) is 17.9. The summed E-state index contributed by atoms with van der Waals surface area (Å²) in [6.45, 7) is 1.67. The van der Waals surface area contributed by atoms with Crippen LogP contribution in [0.15, 0.2) is 22.7 Å². The molecule has 4 nitrogen and oxygen atoms in total. The Balaban J connectivity index is 1.71. The first kappa shape index (κ1) is 15.7. The van der Waals surface area contributed by atoms with Gasteiger partial charge in [0.05, 0.1) is 17.2 Å². The highest BCUT2D eigenvalue weighted by Crippen LogP contribution is 2.25. The van der Waals surface area contributed by atoms with Crippen molar-refractivity contribution < 1.29 is 23.7 Å². The monoisotopic (exact) mass is 348 g/mol. The molecule has 112 valence electrons. The van der Waals surface area contributed by atoms with Gasteiger partial charge in [0.15, 0.2) is 0 Å². The van der Waals surface area contributed by atoms with Crippen LogP contribution >= 0.6 is 15.9 Å². The molecule has 1 saturated heterocycles. The van der Waals surface area contributed by atoms with Gasteiger partial charge in [0.2, 0.25) is 0 Å². The summed E-state index contributed by atoms with van der Waals surface area (Å²) in [4.78, 5) is 0. The molecule has 0 amide bonds. The topological polar surface area (TPSA) is 47.9 Å². The van der Waals surface area contributed by atoms with Crippen LogP contribution in [-0.2, 0) is 9.47 Å². The lowest BCUT2D eigenvalue weighted by molar-refractivity contribution is -0.0659. The van der Waals surface area contributed by atoms with Gasteiger partial charge in [-0.15, -0.1) is 0 Å². The van der Waals surface area contributed by atoms with Crippen molar-refractivity contribution >= 4 is 15.9 Å². The molecule has 0 saturated carbocycles. The van der Waals surface area contributed by atoms with Gasteiger partial charge in [-0.05, 0) is 40.9 Å². The van der Waals surface area contributed by atoms with Crippen LogP contribution < -0.4 is 4.74 Å². The highest BCUT2D eigenvalue weighted by molar-refractivity contribution is 9.10. The maximum Gasteiger partial charge on any atom is 0.136 e.